The number of rotatable bonds is 1. The number of hydrogen-bond donors (Lipinski definition) is 2. The molecular weight excluding hydrogens is 143 g/mol. The predicted octanol–water partition coefficient (Wildman–Crippen LogP) is -0.0869. The fraction of sp³-hybridized carbons (Fsp3) is 0.143. The predicted molar refractivity (Wildman–Crippen MR) is 43.6 cm³/mol. The lowest BCUT2D eigenvalue weighted by Crippen LogP contribution is -1.75. The molecule has 0 radical (unpaired) electrons. The van der Waals surface area contributed by atoms with Crippen molar-refractivity contribution in [2.75, 3.05) is 7.11 Å². The molecule has 2 N–H and O–H groups in total. The van der Waals surface area contributed by atoms with Crippen molar-refractivity contribution in [2.24, 2.45) is 0 Å². The highest BCUT2D eigenvalue weighted by molar-refractivity contribution is 6.13. The number of ether oxygens (including phenoxy) is 1. The van der Waals surface area contributed by atoms with Gasteiger partial charge in [-0.05, 0) is 0 Å². The Morgan fingerprint density at radius 3 is 2.00 bits per heavy atom. The zero-order chi connectivity index (χ0) is 8.27. The van der Waals surface area contributed by atoms with Crippen LogP contribution in [0.4, 0.5) is 0 Å². The van der Waals surface area contributed by atoms with E-state index in [0.29, 0.717) is 0 Å². The van der Waals surface area contributed by atoms with Crippen molar-refractivity contribution in [1.29, 1.82) is 0 Å². The highest BCUT2D eigenvalue weighted by Gasteiger charge is 2.23. The van der Waals surface area contributed by atoms with Crippen LogP contribution < -0.4 is 4.74 Å². The summed E-state index contributed by atoms with van der Waals surface area (Å²) in [4.78, 5) is 0. The van der Waals surface area contributed by atoms with Crippen LogP contribution in [0.25, 0.3) is 11.1 Å². The highest BCUT2D eigenvalue weighted by Crippen LogP contribution is 2.50. The largest absolute Gasteiger partial charge is 0.495 e. The van der Waals surface area contributed by atoms with Crippen LogP contribution in [-0.2, 0) is 0 Å². The SMILES string of the molecule is COc1c2cccc1-2.OBO. The van der Waals surface area contributed by atoms with Crippen molar-refractivity contribution >= 4 is 7.69 Å². The highest BCUT2D eigenvalue weighted by atomic mass is 16.5. The second-order valence-electron chi connectivity index (χ2n) is 2.03. The average Bonchev–Trinajstić information content (AvgIpc) is 2.43. The van der Waals surface area contributed by atoms with E-state index >= 15 is 0 Å². The summed E-state index contributed by atoms with van der Waals surface area (Å²) < 4.78 is 4.99. The van der Waals surface area contributed by atoms with E-state index in [1.807, 2.05) is 6.07 Å². The maximum absolute atomic E-state index is 7.12. The van der Waals surface area contributed by atoms with E-state index in [1.165, 1.54) is 11.1 Å². The average molecular weight is 152 g/mol. The molecule has 0 spiro atoms. The van der Waals surface area contributed by atoms with E-state index in [2.05, 4.69) is 12.1 Å². The van der Waals surface area contributed by atoms with Gasteiger partial charge in [0.25, 0.3) is 0 Å². The molecule has 0 amide bonds. The van der Waals surface area contributed by atoms with Crippen LogP contribution >= 0.6 is 0 Å². The number of benzene rings is 1. The maximum atomic E-state index is 7.12. The maximum Gasteiger partial charge on any atom is 0.432 e. The van der Waals surface area contributed by atoms with Gasteiger partial charge < -0.3 is 14.8 Å². The molecule has 11 heavy (non-hydrogen) atoms. The Morgan fingerprint density at radius 1 is 1.27 bits per heavy atom. The summed E-state index contributed by atoms with van der Waals surface area (Å²) in [5.41, 5.74) is 2.57. The van der Waals surface area contributed by atoms with E-state index in [9.17, 15) is 0 Å². The first-order valence-electron chi connectivity index (χ1n) is 3.24. The molecule has 0 aromatic carbocycles. The molecule has 0 saturated carbocycles. The van der Waals surface area contributed by atoms with Gasteiger partial charge >= 0.3 is 7.69 Å². The summed E-state index contributed by atoms with van der Waals surface area (Å²) >= 11 is 0. The standard InChI is InChI=1S/C7H6O.BH3O2/c1-8-7-5-3-2-4-6(5)7;2-1-3/h2-4H,1H3;1-3H. The Morgan fingerprint density at radius 2 is 1.73 bits per heavy atom. The first kappa shape index (κ1) is 8.10. The van der Waals surface area contributed by atoms with Crippen molar-refractivity contribution in [1.82, 2.24) is 0 Å². The molecule has 0 unspecified atom stereocenters. The van der Waals surface area contributed by atoms with Crippen LogP contribution in [-0.4, -0.2) is 24.8 Å². The van der Waals surface area contributed by atoms with Crippen LogP contribution in [0.1, 0.15) is 0 Å². The fourth-order valence-electron chi connectivity index (χ4n) is 0.990. The summed E-state index contributed by atoms with van der Waals surface area (Å²) in [6.45, 7) is 0. The lowest BCUT2D eigenvalue weighted by molar-refractivity contribution is 0.430. The number of hydrogen-bond acceptors (Lipinski definition) is 3. The van der Waals surface area contributed by atoms with E-state index in [4.69, 9.17) is 14.8 Å². The van der Waals surface area contributed by atoms with E-state index < -0.39 is 7.69 Å². The van der Waals surface area contributed by atoms with Crippen LogP contribution in [0.2, 0.25) is 0 Å². The quantitative estimate of drug-likeness (QED) is 0.561. The number of para-hydroxylation sites is 1. The Hall–Kier alpha value is -0.995. The molecule has 0 saturated heterocycles. The Labute approximate surface area is 65.6 Å². The topological polar surface area (TPSA) is 49.7 Å². The molecule has 0 bridgehead atoms. The fourth-order valence-corrected chi connectivity index (χ4v) is 0.990. The van der Waals surface area contributed by atoms with Crippen LogP contribution in [0.15, 0.2) is 18.2 Å². The molecule has 3 nitrogen and oxygen atoms in total. The normalized spacial score (nSPS) is 9.36. The van der Waals surface area contributed by atoms with Gasteiger partial charge in [0.1, 0.15) is 5.75 Å². The molecule has 4 heteroatoms. The van der Waals surface area contributed by atoms with Crippen molar-refractivity contribution in [3.05, 3.63) is 18.2 Å². The molecule has 0 aromatic heterocycles. The summed E-state index contributed by atoms with van der Waals surface area (Å²) in [6, 6.07) is 6.16. The zero-order valence-electron chi connectivity index (χ0n) is 6.24. The number of methoxy groups -OCH3 is 1. The second-order valence-corrected chi connectivity index (χ2v) is 2.03. The summed E-state index contributed by atoms with van der Waals surface area (Å²) in [6.07, 6.45) is 0. The summed E-state index contributed by atoms with van der Waals surface area (Å²) in [5.74, 6) is 1.08. The summed E-state index contributed by atoms with van der Waals surface area (Å²) in [7, 11) is 0.954. The third-order valence-corrected chi connectivity index (χ3v) is 1.45. The van der Waals surface area contributed by atoms with Gasteiger partial charge in [-0.25, -0.2) is 0 Å². The minimum absolute atomic E-state index is 0.750. The van der Waals surface area contributed by atoms with Crippen LogP contribution in [0, 0.1) is 0 Å². The zero-order valence-corrected chi connectivity index (χ0v) is 6.24. The lowest BCUT2D eigenvalue weighted by Gasteiger charge is -1.79. The molecule has 0 heterocycles. The second kappa shape index (κ2) is 3.41. The molecule has 2 aliphatic rings. The van der Waals surface area contributed by atoms with Gasteiger partial charge in [-0.2, -0.15) is 0 Å². The Balaban J connectivity index is 0.000000179. The molecule has 2 rings (SSSR count). The molecule has 58 valence electrons. The van der Waals surface area contributed by atoms with Crippen molar-refractivity contribution in [3.8, 4) is 16.9 Å². The summed E-state index contributed by atoms with van der Waals surface area (Å²) in [5, 5.41) is 14.2. The van der Waals surface area contributed by atoms with Gasteiger partial charge in [-0.15, -0.1) is 0 Å². The van der Waals surface area contributed by atoms with Gasteiger partial charge in [-0.3, -0.25) is 0 Å². The van der Waals surface area contributed by atoms with Gasteiger partial charge in [0.15, 0.2) is 0 Å². The van der Waals surface area contributed by atoms with Crippen molar-refractivity contribution in [3.63, 3.8) is 0 Å². The van der Waals surface area contributed by atoms with Gasteiger partial charge in [0.05, 0.1) is 7.11 Å². The smallest absolute Gasteiger partial charge is 0.432 e. The van der Waals surface area contributed by atoms with Gasteiger partial charge in [-0.1, -0.05) is 18.2 Å². The van der Waals surface area contributed by atoms with Crippen molar-refractivity contribution in [2.45, 2.75) is 0 Å². The Kier molecular flexibility index (Phi) is 2.51. The van der Waals surface area contributed by atoms with Crippen molar-refractivity contribution < 1.29 is 14.8 Å². The third-order valence-electron chi connectivity index (χ3n) is 1.45. The lowest BCUT2D eigenvalue weighted by atomic mass is 10.5. The first-order valence-corrected chi connectivity index (χ1v) is 3.24. The third kappa shape index (κ3) is 1.53. The van der Waals surface area contributed by atoms with E-state index in [1.54, 1.807) is 7.11 Å². The molecule has 0 atom stereocenters. The minimum atomic E-state index is -0.750. The number of fused-ring (bicyclic) bond motifs is 1. The van der Waals surface area contributed by atoms with Gasteiger partial charge in [0.2, 0.25) is 0 Å². The molecule has 0 fully saturated rings. The van der Waals surface area contributed by atoms with E-state index in [0.717, 1.165) is 5.75 Å². The minimum Gasteiger partial charge on any atom is -0.495 e. The van der Waals surface area contributed by atoms with Gasteiger partial charge in [0, 0.05) is 11.1 Å². The van der Waals surface area contributed by atoms with Crippen LogP contribution in [0.5, 0.6) is 5.75 Å². The molecular formula is C7H9BO3. The van der Waals surface area contributed by atoms with Crippen LogP contribution in [0.3, 0.4) is 0 Å². The molecule has 0 aliphatic heterocycles. The monoisotopic (exact) mass is 152 g/mol. The van der Waals surface area contributed by atoms with E-state index in [-0.39, 0.29) is 0 Å². The Bertz CT molecular complexity index is 229. The first-order chi connectivity index (χ1) is 5.35. The molecule has 2 aliphatic carbocycles. The molecule has 0 aromatic rings.